The van der Waals surface area contributed by atoms with Gasteiger partial charge in [-0.3, -0.25) is 9.59 Å². The smallest absolute Gasteiger partial charge is 0.293 e. The highest BCUT2D eigenvalue weighted by Gasteiger charge is 2.17. The fourth-order valence-electron chi connectivity index (χ4n) is 3.60. The second-order valence-corrected chi connectivity index (χ2v) is 8.89. The van der Waals surface area contributed by atoms with Gasteiger partial charge < -0.3 is 9.30 Å². The van der Waals surface area contributed by atoms with Gasteiger partial charge in [0.15, 0.2) is 5.78 Å². The SMILES string of the molecule is CC(C)c1ccc(Cn2cc(C(=O)c3ccccc3)c3cc(Br)ccc32)cc1.CCOC=O. The molecule has 3 aromatic carbocycles. The maximum absolute atomic E-state index is 13.1. The van der Waals surface area contributed by atoms with Crippen LogP contribution < -0.4 is 0 Å². The minimum Gasteiger partial charge on any atom is -0.468 e. The zero-order chi connectivity index (χ0) is 23.8. The molecule has 0 unspecified atom stereocenters. The summed E-state index contributed by atoms with van der Waals surface area (Å²) in [5.74, 6) is 0.575. The van der Waals surface area contributed by atoms with Crippen molar-refractivity contribution in [2.75, 3.05) is 6.61 Å². The lowest BCUT2D eigenvalue weighted by Gasteiger charge is -2.09. The van der Waals surface area contributed by atoms with Crippen LogP contribution in [0.4, 0.5) is 0 Å². The number of carbonyl (C=O) groups is 2. The van der Waals surface area contributed by atoms with Gasteiger partial charge in [0, 0.05) is 39.2 Å². The fourth-order valence-corrected chi connectivity index (χ4v) is 3.96. The monoisotopic (exact) mass is 505 g/mol. The summed E-state index contributed by atoms with van der Waals surface area (Å²) in [6.45, 7) is 7.80. The summed E-state index contributed by atoms with van der Waals surface area (Å²) < 4.78 is 7.30. The van der Waals surface area contributed by atoms with Gasteiger partial charge in [0.25, 0.3) is 6.47 Å². The summed E-state index contributed by atoms with van der Waals surface area (Å²) in [4.78, 5) is 22.3. The Balaban J connectivity index is 0.000000555. The molecule has 0 spiro atoms. The topological polar surface area (TPSA) is 48.3 Å². The average molecular weight is 506 g/mol. The van der Waals surface area contributed by atoms with E-state index in [0.717, 1.165) is 27.5 Å². The summed E-state index contributed by atoms with van der Waals surface area (Å²) >= 11 is 3.55. The number of ether oxygens (including phenoxy) is 1. The first-order valence-electron chi connectivity index (χ1n) is 11.0. The highest BCUT2D eigenvalue weighted by Crippen LogP contribution is 2.28. The number of ketones is 1. The van der Waals surface area contributed by atoms with E-state index in [4.69, 9.17) is 0 Å². The van der Waals surface area contributed by atoms with Crippen LogP contribution in [0.5, 0.6) is 0 Å². The zero-order valence-electron chi connectivity index (χ0n) is 19.1. The van der Waals surface area contributed by atoms with Gasteiger partial charge in [0.1, 0.15) is 0 Å². The summed E-state index contributed by atoms with van der Waals surface area (Å²) in [6.07, 6.45) is 1.99. The van der Waals surface area contributed by atoms with Crippen LogP contribution in [-0.2, 0) is 16.1 Å². The van der Waals surface area contributed by atoms with Crippen molar-refractivity contribution in [3.63, 3.8) is 0 Å². The summed E-state index contributed by atoms with van der Waals surface area (Å²) in [5.41, 5.74) is 5.08. The fraction of sp³-hybridized carbons (Fsp3) is 0.214. The summed E-state index contributed by atoms with van der Waals surface area (Å²) in [6, 6.07) is 24.3. The molecule has 0 fully saturated rings. The third-order valence-corrected chi connectivity index (χ3v) is 5.85. The summed E-state index contributed by atoms with van der Waals surface area (Å²) in [7, 11) is 0. The third kappa shape index (κ3) is 6.20. The van der Waals surface area contributed by atoms with Crippen molar-refractivity contribution in [2.45, 2.75) is 33.2 Å². The Kier molecular flexibility index (Phi) is 8.61. The Morgan fingerprint density at radius 2 is 1.73 bits per heavy atom. The van der Waals surface area contributed by atoms with E-state index in [0.29, 0.717) is 24.6 Å². The van der Waals surface area contributed by atoms with Crippen molar-refractivity contribution >= 4 is 39.1 Å². The lowest BCUT2D eigenvalue weighted by Crippen LogP contribution is -2.01. The Bertz CT molecular complexity index is 1210. The van der Waals surface area contributed by atoms with Gasteiger partial charge in [-0.1, -0.05) is 84.4 Å². The molecular formula is C28H28BrNO3. The molecule has 0 aliphatic heterocycles. The molecule has 0 aliphatic carbocycles. The number of carbonyl (C=O) groups excluding carboxylic acids is 2. The number of fused-ring (bicyclic) bond motifs is 1. The zero-order valence-corrected chi connectivity index (χ0v) is 20.7. The lowest BCUT2D eigenvalue weighted by molar-refractivity contribution is -0.128. The second-order valence-electron chi connectivity index (χ2n) is 7.98. The van der Waals surface area contributed by atoms with Crippen molar-refractivity contribution in [3.8, 4) is 0 Å². The molecule has 170 valence electrons. The van der Waals surface area contributed by atoms with Crippen molar-refractivity contribution in [3.05, 3.63) is 106 Å². The molecular weight excluding hydrogens is 478 g/mol. The molecule has 0 saturated heterocycles. The molecule has 1 aromatic heterocycles. The van der Waals surface area contributed by atoms with Crippen LogP contribution in [0.2, 0.25) is 0 Å². The van der Waals surface area contributed by atoms with E-state index in [1.165, 1.54) is 11.1 Å². The van der Waals surface area contributed by atoms with E-state index in [1.54, 1.807) is 6.92 Å². The molecule has 0 aliphatic rings. The maximum Gasteiger partial charge on any atom is 0.293 e. The van der Waals surface area contributed by atoms with Crippen LogP contribution in [0.25, 0.3) is 10.9 Å². The largest absolute Gasteiger partial charge is 0.468 e. The second kappa shape index (κ2) is 11.6. The minimum absolute atomic E-state index is 0.0533. The van der Waals surface area contributed by atoms with Crippen LogP contribution in [0, 0.1) is 0 Å². The van der Waals surface area contributed by atoms with E-state index in [2.05, 4.69) is 69.4 Å². The Morgan fingerprint density at radius 3 is 2.30 bits per heavy atom. The van der Waals surface area contributed by atoms with E-state index < -0.39 is 0 Å². The summed E-state index contributed by atoms with van der Waals surface area (Å²) in [5, 5.41) is 0.974. The molecule has 0 amide bonds. The molecule has 1 heterocycles. The normalized spacial score (nSPS) is 10.6. The predicted octanol–water partition coefficient (Wildman–Crippen LogP) is 6.99. The van der Waals surface area contributed by atoms with E-state index in [1.807, 2.05) is 48.7 Å². The number of benzene rings is 3. The lowest BCUT2D eigenvalue weighted by atomic mass is 10.0. The van der Waals surface area contributed by atoms with Crippen LogP contribution in [-0.4, -0.2) is 23.4 Å². The highest BCUT2D eigenvalue weighted by molar-refractivity contribution is 9.10. The van der Waals surface area contributed by atoms with Crippen molar-refractivity contribution in [2.24, 2.45) is 0 Å². The van der Waals surface area contributed by atoms with Gasteiger partial charge in [-0.05, 0) is 42.2 Å². The molecule has 0 N–H and O–H groups in total. The van der Waals surface area contributed by atoms with Crippen LogP contribution >= 0.6 is 15.9 Å². The van der Waals surface area contributed by atoms with Crippen LogP contribution in [0.15, 0.2) is 83.5 Å². The predicted molar refractivity (Wildman–Crippen MR) is 137 cm³/mol. The van der Waals surface area contributed by atoms with E-state index in [-0.39, 0.29) is 5.78 Å². The molecule has 0 saturated carbocycles. The Morgan fingerprint density at radius 1 is 1.03 bits per heavy atom. The van der Waals surface area contributed by atoms with E-state index in [9.17, 15) is 9.59 Å². The maximum atomic E-state index is 13.1. The molecule has 4 nitrogen and oxygen atoms in total. The van der Waals surface area contributed by atoms with Crippen molar-refractivity contribution < 1.29 is 14.3 Å². The first kappa shape index (κ1) is 24.5. The van der Waals surface area contributed by atoms with Gasteiger partial charge in [-0.25, -0.2) is 0 Å². The number of hydrogen-bond acceptors (Lipinski definition) is 3. The number of rotatable bonds is 7. The first-order valence-corrected chi connectivity index (χ1v) is 11.8. The third-order valence-electron chi connectivity index (χ3n) is 5.36. The molecule has 0 atom stereocenters. The van der Waals surface area contributed by atoms with Crippen LogP contribution in [0.1, 0.15) is 53.7 Å². The Hall–Kier alpha value is -3.18. The first-order chi connectivity index (χ1) is 15.9. The molecule has 0 radical (unpaired) electrons. The van der Waals surface area contributed by atoms with Gasteiger partial charge in [0.2, 0.25) is 0 Å². The quantitative estimate of drug-likeness (QED) is 0.201. The molecule has 33 heavy (non-hydrogen) atoms. The highest BCUT2D eigenvalue weighted by atomic mass is 79.9. The Labute approximate surface area is 203 Å². The molecule has 4 aromatic rings. The average Bonchev–Trinajstić information content (AvgIpc) is 3.17. The van der Waals surface area contributed by atoms with Gasteiger partial charge in [-0.15, -0.1) is 0 Å². The van der Waals surface area contributed by atoms with Crippen molar-refractivity contribution in [1.82, 2.24) is 4.57 Å². The molecule has 4 rings (SSSR count). The number of halogens is 1. The standard InChI is InChI=1S/C25H22BrNO.C3H6O2/c1-17(2)19-10-8-18(9-11-19)15-27-16-23(22-14-21(26)12-13-24(22)27)25(28)20-6-4-3-5-7-20;1-2-5-3-4/h3-14,16-17H,15H2,1-2H3;3H,2H2,1H3. The van der Waals surface area contributed by atoms with Crippen LogP contribution in [0.3, 0.4) is 0 Å². The molecule has 0 bridgehead atoms. The van der Waals surface area contributed by atoms with Crippen molar-refractivity contribution in [1.29, 1.82) is 0 Å². The van der Waals surface area contributed by atoms with E-state index >= 15 is 0 Å². The molecule has 5 heteroatoms. The van der Waals surface area contributed by atoms with Gasteiger partial charge in [-0.2, -0.15) is 0 Å². The van der Waals surface area contributed by atoms with Gasteiger partial charge in [0.05, 0.1) is 6.61 Å². The number of hydrogen-bond donors (Lipinski definition) is 0. The number of nitrogens with zero attached hydrogens (tertiary/aromatic N) is 1. The number of aromatic nitrogens is 1. The van der Waals surface area contributed by atoms with Gasteiger partial charge >= 0.3 is 0 Å². The minimum atomic E-state index is 0.0533.